The second kappa shape index (κ2) is 5.62. The average Bonchev–Trinajstić information content (AvgIpc) is 2.59. The molecular weight excluding hydrogens is 274 g/mol. The summed E-state index contributed by atoms with van der Waals surface area (Å²) >= 11 is 6.95. The van der Waals surface area contributed by atoms with Crippen LogP contribution in [0.1, 0.15) is 11.3 Å². The summed E-state index contributed by atoms with van der Waals surface area (Å²) in [6, 6.07) is 3.39. The third kappa shape index (κ3) is 4.93. The maximum atomic E-state index is 11.3. The second-order valence-corrected chi connectivity index (χ2v) is 6.72. The largest absolute Gasteiger partial charge is 0.481 e. The predicted molar refractivity (Wildman–Crippen MR) is 62.2 cm³/mol. The van der Waals surface area contributed by atoms with E-state index in [1.54, 1.807) is 12.1 Å². The quantitative estimate of drug-likeness (QED) is 0.824. The number of nitrogens with one attached hydrogen (secondary N) is 1. The normalized spacial score (nSPS) is 11.6. The van der Waals surface area contributed by atoms with E-state index in [2.05, 4.69) is 4.72 Å². The maximum absolute atomic E-state index is 11.3. The van der Waals surface area contributed by atoms with Crippen LogP contribution in [-0.4, -0.2) is 25.2 Å². The highest BCUT2D eigenvalue weighted by molar-refractivity contribution is 7.89. The van der Waals surface area contributed by atoms with Crippen LogP contribution in [0, 0.1) is 0 Å². The number of carbonyl (C=O) groups is 1. The highest BCUT2D eigenvalue weighted by atomic mass is 35.5. The Morgan fingerprint density at radius 3 is 2.69 bits per heavy atom. The number of halogens is 1. The Balaban J connectivity index is 2.45. The first-order valence-electron chi connectivity index (χ1n) is 4.32. The van der Waals surface area contributed by atoms with E-state index in [0.717, 1.165) is 4.88 Å². The number of aliphatic carboxylic acids is 1. The highest BCUT2D eigenvalue weighted by Crippen LogP contribution is 2.21. The smallest absolute Gasteiger partial charge is 0.304 e. The zero-order chi connectivity index (χ0) is 12.2. The van der Waals surface area contributed by atoms with Crippen LogP contribution in [0.2, 0.25) is 4.34 Å². The van der Waals surface area contributed by atoms with E-state index in [1.807, 2.05) is 0 Å². The lowest BCUT2D eigenvalue weighted by Gasteiger charge is -2.03. The van der Waals surface area contributed by atoms with Crippen molar-refractivity contribution in [1.29, 1.82) is 0 Å². The van der Waals surface area contributed by atoms with Crippen LogP contribution in [0.3, 0.4) is 0 Å². The zero-order valence-corrected chi connectivity index (χ0v) is 10.5. The van der Waals surface area contributed by atoms with E-state index < -0.39 is 28.2 Å². The van der Waals surface area contributed by atoms with E-state index >= 15 is 0 Å². The second-order valence-electron chi connectivity index (χ2n) is 2.99. The maximum Gasteiger partial charge on any atom is 0.304 e. The molecule has 0 aliphatic carbocycles. The van der Waals surface area contributed by atoms with Crippen LogP contribution in [-0.2, 0) is 21.4 Å². The summed E-state index contributed by atoms with van der Waals surface area (Å²) in [5.41, 5.74) is 0. The van der Waals surface area contributed by atoms with E-state index in [9.17, 15) is 13.2 Å². The fourth-order valence-corrected chi connectivity index (χ4v) is 3.00. The minimum absolute atomic E-state index is 0.138. The highest BCUT2D eigenvalue weighted by Gasteiger charge is 2.12. The van der Waals surface area contributed by atoms with Crippen molar-refractivity contribution in [2.75, 3.05) is 5.75 Å². The molecule has 1 aromatic rings. The van der Waals surface area contributed by atoms with Crippen molar-refractivity contribution < 1.29 is 18.3 Å². The molecule has 0 fully saturated rings. The molecule has 0 saturated carbocycles. The summed E-state index contributed by atoms with van der Waals surface area (Å²) in [7, 11) is -3.53. The Morgan fingerprint density at radius 1 is 1.50 bits per heavy atom. The first kappa shape index (κ1) is 13.4. The Kier molecular flexibility index (Phi) is 4.72. The molecule has 0 radical (unpaired) electrons. The number of thiophene rings is 1. The molecule has 0 aliphatic rings. The van der Waals surface area contributed by atoms with Crippen LogP contribution in [0.4, 0.5) is 0 Å². The van der Waals surface area contributed by atoms with Gasteiger partial charge < -0.3 is 5.11 Å². The fourth-order valence-electron chi connectivity index (χ4n) is 0.922. The fraction of sp³-hybridized carbons (Fsp3) is 0.375. The molecule has 8 heteroatoms. The van der Waals surface area contributed by atoms with Gasteiger partial charge in [-0.1, -0.05) is 11.6 Å². The first-order chi connectivity index (χ1) is 7.39. The number of hydrogen-bond donors (Lipinski definition) is 2. The van der Waals surface area contributed by atoms with E-state index in [0.29, 0.717) is 4.34 Å². The van der Waals surface area contributed by atoms with Crippen LogP contribution in [0.15, 0.2) is 12.1 Å². The zero-order valence-electron chi connectivity index (χ0n) is 8.14. The Bertz CT molecular complexity index is 468. The van der Waals surface area contributed by atoms with Gasteiger partial charge in [0.05, 0.1) is 16.5 Å². The molecular formula is C8H10ClNO4S2. The summed E-state index contributed by atoms with van der Waals surface area (Å²) in [5, 5.41) is 8.36. The molecule has 1 aromatic heterocycles. The van der Waals surface area contributed by atoms with Crippen LogP contribution < -0.4 is 4.72 Å². The molecule has 0 spiro atoms. The van der Waals surface area contributed by atoms with Crippen molar-refractivity contribution in [2.45, 2.75) is 13.0 Å². The van der Waals surface area contributed by atoms with E-state index in [-0.39, 0.29) is 6.54 Å². The van der Waals surface area contributed by atoms with Crippen LogP contribution >= 0.6 is 22.9 Å². The molecule has 0 aliphatic heterocycles. The lowest BCUT2D eigenvalue weighted by Crippen LogP contribution is -2.26. The summed E-state index contributed by atoms with van der Waals surface area (Å²) in [6.07, 6.45) is -0.402. The van der Waals surface area contributed by atoms with Crippen molar-refractivity contribution >= 4 is 38.9 Å². The van der Waals surface area contributed by atoms with Gasteiger partial charge in [0.2, 0.25) is 10.0 Å². The van der Waals surface area contributed by atoms with Gasteiger partial charge in [-0.2, -0.15) is 0 Å². The summed E-state index contributed by atoms with van der Waals surface area (Å²) in [6.45, 7) is 0.138. The Labute approximate surface area is 102 Å². The average molecular weight is 284 g/mol. The van der Waals surface area contributed by atoms with Gasteiger partial charge in [0.15, 0.2) is 0 Å². The van der Waals surface area contributed by atoms with Gasteiger partial charge in [-0.15, -0.1) is 11.3 Å². The summed E-state index contributed by atoms with van der Waals surface area (Å²) in [4.78, 5) is 11.0. The molecule has 1 heterocycles. The lowest BCUT2D eigenvalue weighted by molar-refractivity contribution is -0.136. The van der Waals surface area contributed by atoms with E-state index in [1.165, 1.54) is 11.3 Å². The van der Waals surface area contributed by atoms with Crippen molar-refractivity contribution in [3.05, 3.63) is 21.3 Å². The molecule has 1 rings (SSSR count). The monoisotopic (exact) mass is 283 g/mol. The molecule has 5 nitrogen and oxygen atoms in total. The number of rotatable bonds is 6. The minimum atomic E-state index is -3.53. The molecule has 90 valence electrons. The summed E-state index contributed by atoms with van der Waals surface area (Å²) < 4.78 is 25.5. The molecule has 0 aromatic carbocycles. The third-order valence-electron chi connectivity index (χ3n) is 1.68. The van der Waals surface area contributed by atoms with Gasteiger partial charge in [-0.05, 0) is 12.1 Å². The molecule has 0 bridgehead atoms. The predicted octanol–water partition coefficient (Wildman–Crippen LogP) is 1.30. The SMILES string of the molecule is O=C(O)CCS(=O)(=O)NCc1ccc(Cl)s1. The van der Waals surface area contributed by atoms with Gasteiger partial charge >= 0.3 is 5.97 Å². The first-order valence-corrected chi connectivity index (χ1v) is 7.17. The van der Waals surface area contributed by atoms with Crippen molar-refractivity contribution in [3.8, 4) is 0 Å². The topological polar surface area (TPSA) is 83.5 Å². The molecule has 0 atom stereocenters. The van der Waals surface area contributed by atoms with Crippen LogP contribution in [0.5, 0.6) is 0 Å². The van der Waals surface area contributed by atoms with Crippen molar-refractivity contribution in [3.63, 3.8) is 0 Å². The third-order valence-corrected chi connectivity index (χ3v) is 4.24. The molecule has 0 amide bonds. The van der Waals surface area contributed by atoms with Gasteiger partial charge in [0.1, 0.15) is 0 Å². The summed E-state index contributed by atoms with van der Waals surface area (Å²) in [5.74, 6) is -1.55. The van der Waals surface area contributed by atoms with Crippen LogP contribution in [0.25, 0.3) is 0 Å². The lowest BCUT2D eigenvalue weighted by atomic mass is 10.5. The number of carboxylic acid groups (broad SMARTS) is 1. The van der Waals surface area contributed by atoms with Gasteiger partial charge in [-0.3, -0.25) is 4.79 Å². The number of hydrogen-bond acceptors (Lipinski definition) is 4. The number of sulfonamides is 1. The van der Waals surface area contributed by atoms with Gasteiger partial charge in [0, 0.05) is 11.4 Å². The molecule has 0 saturated heterocycles. The molecule has 16 heavy (non-hydrogen) atoms. The number of carboxylic acids is 1. The Morgan fingerprint density at radius 2 is 2.19 bits per heavy atom. The van der Waals surface area contributed by atoms with Gasteiger partial charge in [-0.25, -0.2) is 13.1 Å². The van der Waals surface area contributed by atoms with Crippen molar-refractivity contribution in [2.24, 2.45) is 0 Å². The Hall–Kier alpha value is -0.630. The molecule has 2 N–H and O–H groups in total. The van der Waals surface area contributed by atoms with Crippen molar-refractivity contribution in [1.82, 2.24) is 4.72 Å². The molecule has 0 unspecified atom stereocenters. The standard InChI is InChI=1S/C8H10ClNO4S2/c9-7-2-1-6(15-7)5-10-16(13,14)4-3-8(11)12/h1-2,10H,3-5H2,(H,11,12). The minimum Gasteiger partial charge on any atom is -0.481 e. The van der Waals surface area contributed by atoms with E-state index in [4.69, 9.17) is 16.7 Å². The van der Waals surface area contributed by atoms with Gasteiger partial charge in [0.25, 0.3) is 0 Å².